The molecule has 16 heavy (non-hydrogen) atoms. The fourth-order valence-corrected chi connectivity index (χ4v) is 2.00. The standard InChI is InChI=1S/C11H20N2O3/c1-3-13(9-5-7-12-8-6-9)10(14)11(15)16-4-2/h9,12H,3-8H2,1-2H3. The Kier molecular flexibility index (Phi) is 5.25. The van der Waals surface area contributed by atoms with Crippen molar-refractivity contribution in [2.45, 2.75) is 32.7 Å². The highest BCUT2D eigenvalue weighted by atomic mass is 16.5. The van der Waals surface area contributed by atoms with Crippen LogP contribution in [0.2, 0.25) is 0 Å². The van der Waals surface area contributed by atoms with Crippen molar-refractivity contribution in [3.63, 3.8) is 0 Å². The van der Waals surface area contributed by atoms with E-state index in [4.69, 9.17) is 4.74 Å². The molecule has 0 aromatic carbocycles. The maximum Gasteiger partial charge on any atom is 0.397 e. The van der Waals surface area contributed by atoms with E-state index < -0.39 is 11.9 Å². The van der Waals surface area contributed by atoms with Crippen molar-refractivity contribution in [3.8, 4) is 0 Å². The van der Waals surface area contributed by atoms with Crippen LogP contribution in [0.4, 0.5) is 0 Å². The van der Waals surface area contributed by atoms with Crippen LogP contribution in [0, 0.1) is 0 Å². The molecule has 1 aliphatic heterocycles. The van der Waals surface area contributed by atoms with Gasteiger partial charge in [0.2, 0.25) is 0 Å². The minimum atomic E-state index is -0.733. The lowest BCUT2D eigenvalue weighted by Gasteiger charge is -2.33. The summed E-state index contributed by atoms with van der Waals surface area (Å²) >= 11 is 0. The first-order valence-electron chi connectivity index (χ1n) is 5.89. The first-order valence-corrected chi connectivity index (χ1v) is 5.89. The number of amides is 1. The van der Waals surface area contributed by atoms with Crippen molar-refractivity contribution in [2.75, 3.05) is 26.2 Å². The van der Waals surface area contributed by atoms with E-state index in [2.05, 4.69) is 5.32 Å². The summed E-state index contributed by atoms with van der Waals surface area (Å²) < 4.78 is 4.73. The summed E-state index contributed by atoms with van der Waals surface area (Å²) in [5.74, 6) is -1.24. The maximum absolute atomic E-state index is 11.8. The number of carbonyl (C=O) groups is 2. The molecule has 0 saturated carbocycles. The van der Waals surface area contributed by atoms with Crippen molar-refractivity contribution in [1.29, 1.82) is 0 Å². The van der Waals surface area contributed by atoms with E-state index in [1.54, 1.807) is 11.8 Å². The molecule has 5 nitrogen and oxygen atoms in total. The zero-order chi connectivity index (χ0) is 12.0. The van der Waals surface area contributed by atoms with Gasteiger partial charge in [0.1, 0.15) is 0 Å². The zero-order valence-electron chi connectivity index (χ0n) is 9.99. The van der Waals surface area contributed by atoms with Crippen LogP contribution < -0.4 is 5.32 Å². The van der Waals surface area contributed by atoms with E-state index in [1.165, 1.54) is 0 Å². The van der Waals surface area contributed by atoms with Gasteiger partial charge in [-0.2, -0.15) is 0 Å². The lowest BCUT2D eigenvalue weighted by molar-refractivity contribution is -0.161. The third-order valence-corrected chi connectivity index (χ3v) is 2.80. The van der Waals surface area contributed by atoms with E-state index in [9.17, 15) is 9.59 Å². The summed E-state index contributed by atoms with van der Waals surface area (Å²) in [6.45, 7) is 6.19. The highest BCUT2D eigenvalue weighted by Crippen LogP contribution is 2.12. The molecule has 1 saturated heterocycles. The van der Waals surface area contributed by atoms with Gasteiger partial charge < -0.3 is 15.0 Å². The lowest BCUT2D eigenvalue weighted by atomic mass is 10.0. The van der Waals surface area contributed by atoms with Crippen molar-refractivity contribution in [2.24, 2.45) is 0 Å². The van der Waals surface area contributed by atoms with Gasteiger partial charge in [-0.15, -0.1) is 0 Å². The summed E-state index contributed by atoms with van der Waals surface area (Å²) in [7, 11) is 0. The van der Waals surface area contributed by atoms with Crippen molar-refractivity contribution < 1.29 is 14.3 Å². The van der Waals surface area contributed by atoms with E-state index in [-0.39, 0.29) is 12.6 Å². The second-order valence-electron chi connectivity index (χ2n) is 3.79. The van der Waals surface area contributed by atoms with Gasteiger partial charge in [0.15, 0.2) is 0 Å². The Balaban J connectivity index is 2.57. The second-order valence-corrected chi connectivity index (χ2v) is 3.79. The van der Waals surface area contributed by atoms with Crippen LogP contribution in [0.25, 0.3) is 0 Å². The summed E-state index contributed by atoms with van der Waals surface area (Å²) in [4.78, 5) is 24.8. The maximum atomic E-state index is 11.8. The minimum absolute atomic E-state index is 0.170. The molecule has 0 atom stereocenters. The number of carbonyl (C=O) groups excluding carboxylic acids is 2. The van der Waals surface area contributed by atoms with E-state index in [0.29, 0.717) is 6.54 Å². The van der Waals surface area contributed by atoms with Crippen LogP contribution in [0.1, 0.15) is 26.7 Å². The third-order valence-electron chi connectivity index (χ3n) is 2.80. The molecule has 1 N–H and O–H groups in total. The summed E-state index contributed by atoms with van der Waals surface area (Å²) in [6.07, 6.45) is 1.80. The van der Waals surface area contributed by atoms with Gasteiger partial charge in [0, 0.05) is 12.6 Å². The van der Waals surface area contributed by atoms with Gasteiger partial charge in [0.25, 0.3) is 0 Å². The molecule has 1 amide bonds. The number of nitrogens with zero attached hydrogens (tertiary/aromatic N) is 1. The molecule has 5 heteroatoms. The summed E-state index contributed by atoms with van der Waals surface area (Å²) in [5.41, 5.74) is 0. The average molecular weight is 228 g/mol. The second kappa shape index (κ2) is 6.48. The molecule has 0 aliphatic carbocycles. The van der Waals surface area contributed by atoms with Crippen LogP contribution >= 0.6 is 0 Å². The van der Waals surface area contributed by atoms with Gasteiger partial charge >= 0.3 is 11.9 Å². The molecule has 0 radical (unpaired) electrons. The Labute approximate surface area is 96.1 Å². The Morgan fingerprint density at radius 2 is 1.94 bits per heavy atom. The number of nitrogens with one attached hydrogen (secondary N) is 1. The number of ether oxygens (including phenoxy) is 1. The predicted molar refractivity (Wildman–Crippen MR) is 59.9 cm³/mol. The van der Waals surface area contributed by atoms with Gasteiger partial charge in [-0.3, -0.25) is 4.79 Å². The van der Waals surface area contributed by atoms with Gasteiger partial charge in [0.05, 0.1) is 6.61 Å². The van der Waals surface area contributed by atoms with E-state index in [1.807, 2.05) is 6.92 Å². The first kappa shape index (κ1) is 13.0. The molecule has 0 bridgehead atoms. The number of piperidine rings is 1. The molecule has 0 unspecified atom stereocenters. The normalized spacial score (nSPS) is 16.9. The predicted octanol–water partition coefficient (Wildman–Crippen LogP) is 0.150. The topological polar surface area (TPSA) is 58.6 Å². The van der Waals surface area contributed by atoms with Crippen LogP contribution in [0.3, 0.4) is 0 Å². The smallest absolute Gasteiger partial charge is 0.397 e. The lowest BCUT2D eigenvalue weighted by Crippen LogP contribution is -2.48. The Hall–Kier alpha value is -1.10. The molecule has 92 valence electrons. The SMILES string of the molecule is CCOC(=O)C(=O)N(CC)C1CCNCC1. The number of rotatable bonds is 3. The van der Waals surface area contributed by atoms with Crippen LogP contribution in [0.5, 0.6) is 0 Å². The summed E-state index contributed by atoms with van der Waals surface area (Å²) in [6, 6.07) is 0.170. The molecule has 1 rings (SSSR count). The van der Waals surface area contributed by atoms with Crippen molar-refractivity contribution >= 4 is 11.9 Å². The van der Waals surface area contributed by atoms with Gasteiger partial charge in [-0.05, 0) is 39.8 Å². The molecular formula is C11H20N2O3. The number of hydrogen-bond acceptors (Lipinski definition) is 4. The Bertz CT molecular complexity index is 250. The Morgan fingerprint density at radius 3 is 2.44 bits per heavy atom. The Morgan fingerprint density at radius 1 is 1.31 bits per heavy atom. The van der Waals surface area contributed by atoms with Crippen LogP contribution in [0.15, 0.2) is 0 Å². The summed E-state index contributed by atoms with van der Waals surface area (Å²) in [5, 5.41) is 3.23. The minimum Gasteiger partial charge on any atom is -0.459 e. The number of hydrogen-bond donors (Lipinski definition) is 1. The number of likely N-dealkylation sites (N-methyl/N-ethyl adjacent to an activating group) is 1. The molecular weight excluding hydrogens is 208 g/mol. The average Bonchev–Trinajstić information content (AvgIpc) is 2.31. The molecule has 1 heterocycles. The third kappa shape index (κ3) is 3.20. The zero-order valence-corrected chi connectivity index (χ0v) is 9.99. The fraction of sp³-hybridized carbons (Fsp3) is 0.818. The first-order chi connectivity index (χ1) is 7.70. The monoisotopic (exact) mass is 228 g/mol. The highest BCUT2D eigenvalue weighted by Gasteiger charge is 2.29. The van der Waals surface area contributed by atoms with Crippen LogP contribution in [-0.4, -0.2) is 49.1 Å². The van der Waals surface area contributed by atoms with Crippen LogP contribution in [-0.2, 0) is 14.3 Å². The highest BCUT2D eigenvalue weighted by molar-refractivity contribution is 6.32. The van der Waals surface area contributed by atoms with Crippen molar-refractivity contribution in [3.05, 3.63) is 0 Å². The quantitative estimate of drug-likeness (QED) is 0.552. The molecule has 1 aliphatic rings. The molecule has 0 aromatic rings. The molecule has 0 spiro atoms. The van der Waals surface area contributed by atoms with Gasteiger partial charge in [-0.1, -0.05) is 0 Å². The molecule has 0 aromatic heterocycles. The largest absolute Gasteiger partial charge is 0.459 e. The van der Waals surface area contributed by atoms with E-state index >= 15 is 0 Å². The number of esters is 1. The molecule has 1 fully saturated rings. The van der Waals surface area contributed by atoms with Gasteiger partial charge in [-0.25, -0.2) is 4.79 Å². The van der Waals surface area contributed by atoms with Crippen molar-refractivity contribution in [1.82, 2.24) is 10.2 Å². The van der Waals surface area contributed by atoms with E-state index in [0.717, 1.165) is 25.9 Å². The fourth-order valence-electron chi connectivity index (χ4n) is 2.00.